The van der Waals surface area contributed by atoms with Crippen molar-refractivity contribution in [3.05, 3.63) is 76.7 Å². The van der Waals surface area contributed by atoms with E-state index < -0.39 is 46.2 Å². The first-order valence-corrected chi connectivity index (χ1v) is 16.3. The Hall–Kier alpha value is -2.93. The lowest BCUT2D eigenvalue weighted by Gasteiger charge is -2.39. The highest BCUT2D eigenvalue weighted by Gasteiger charge is 2.42. The molecule has 1 spiro atoms. The van der Waals surface area contributed by atoms with Crippen LogP contribution in [0.3, 0.4) is 0 Å². The molecule has 0 atom stereocenters. The van der Waals surface area contributed by atoms with Gasteiger partial charge in [0.2, 0.25) is 5.91 Å². The van der Waals surface area contributed by atoms with Crippen LogP contribution in [0.15, 0.2) is 48.7 Å². The number of amides is 1. The topological polar surface area (TPSA) is 36.4 Å². The molecule has 242 valence electrons. The zero-order chi connectivity index (χ0) is 32.9. The summed E-state index contributed by atoms with van der Waals surface area (Å²) in [5, 5.41) is 0. The first-order valence-electron chi connectivity index (χ1n) is 14.3. The summed E-state index contributed by atoms with van der Waals surface area (Å²) in [5.74, 6) is 1.71. The van der Waals surface area contributed by atoms with E-state index in [1.165, 1.54) is 44.1 Å². The number of benzene rings is 2. The smallest absolute Gasteiger partial charge is 0.356 e. The molecule has 0 bridgehead atoms. The third-order valence-corrected chi connectivity index (χ3v) is 12.2. The summed E-state index contributed by atoms with van der Waals surface area (Å²) >= 11 is 3.98. The minimum Gasteiger partial charge on any atom is -0.356 e. The number of piperidine rings is 1. The molecule has 45 heavy (non-hydrogen) atoms. The number of carbonyl (C=O) groups excluding carboxylic acids is 1. The van der Waals surface area contributed by atoms with Gasteiger partial charge in [-0.25, -0.2) is 9.37 Å². The summed E-state index contributed by atoms with van der Waals surface area (Å²) in [6.07, 6.45) is -6.69. The third-order valence-electron chi connectivity index (χ3n) is 8.52. The minimum atomic E-state index is -5.06. The molecule has 4 nitrogen and oxygen atoms in total. The van der Waals surface area contributed by atoms with E-state index >= 15 is 0 Å². The number of likely N-dealkylation sites (N-methyl/N-ethyl adjacent to an activating group) is 1. The van der Waals surface area contributed by atoms with E-state index in [9.17, 15) is 35.5 Å². The maximum Gasteiger partial charge on any atom is 0.416 e. The van der Waals surface area contributed by atoms with Crippen molar-refractivity contribution in [3.63, 3.8) is 0 Å². The van der Waals surface area contributed by atoms with E-state index in [-0.39, 0.29) is 15.8 Å². The van der Waals surface area contributed by atoms with E-state index in [0.29, 0.717) is 34.6 Å². The van der Waals surface area contributed by atoms with Crippen LogP contribution in [-0.4, -0.2) is 46.6 Å². The van der Waals surface area contributed by atoms with E-state index in [1.807, 2.05) is 29.6 Å². The van der Waals surface area contributed by atoms with Crippen LogP contribution >= 0.6 is 23.5 Å². The Kier molecular flexibility index (Phi) is 8.93. The molecule has 3 heterocycles. The van der Waals surface area contributed by atoms with Crippen LogP contribution in [0.4, 0.5) is 42.2 Å². The second-order valence-electron chi connectivity index (χ2n) is 11.9. The van der Waals surface area contributed by atoms with Gasteiger partial charge in [0, 0.05) is 37.2 Å². The molecular formula is C32H32F7N3OS2. The van der Waals surface area contributed by atoms with Crippen LogP contribution in [0.2, 0.25) is 0 Å². The molecule has 13 heteroatoms. The molecule has 0 saturated carbocycles. The molecule has 1 aromatic heterocycles. The highest BCUT2D eigenvalue weighted by Crippen LogP contribution is 2.51. The van der Waals surface area contributed by atoms with Crippen LogP contribution in [0.1, 0.15) is 48.9 Å². The number of aryl methyl sites for hydroxylation is 1. The predicted molar refractivity (Wildman–Crippen MR) is 166 cm³/mol. The van der Waals surface area contributed by atoms with Crippen LogP contribution in [0.5, 0.6) is 0 Å². The Labute approximate surface area is 265 Å². The van der Waals surface area contributed by atoms with Crippen molar-refractivity contribution in [1.82, 2.24) is 4.98 Å². The second kappa shape index (κ2) is 12.0. The number of nitrogens with zero attached hydrogens (tertiary/aromatic N) is 3. The molecule has 0 aliphatic carbocycles. The van der Waals surface area contributed by atoms with E-state index in [2.05, 4.69) is 9.88 Å². The number of hydrogen-bond acceptors (Lipinski definition) is 5. The number of halogens is 7. The van der Waals surface area contributed by atoms with Crippen molar-refractivity contribution in [1.29, 1.82) is 0 Å². The fourth-order valence-electron chi connectivity index (χ4n) is 5.85. The summed E-state index contributed by atoms with van der Waals surface area (Å²) in [6.45, 7) is 5.83. The number of thioether (sulfide) groups is 2. The summed E-state index contributed by atoms with van der Waals surface area (Å²) in [7, 11) is 1.40. The summed E-state index contributed by atoms with van der Waals surface area (Å²) in [6, 6.07) is 7.23. The molecule has 3 aromatic rings. The lowest BCUT2D eigenvalue weighted by molar-refractivity contribution is -0.143. The van der Waals surface area contributed by atoms with Gasteiger partial charge in [-0.1, -0.05) is 6.07 Å². The fraction of sp³-hybridized carbons (Fsp3) is 0.438. The van der Waals surface area contributed by atoms with Crippen molar-refractivity contribution in [2.75, 3.05) is 41.4 Å². The summed E-state index contributed by atoms with van der Waals surface area (Å²) in [5.41, 5.74) is -3.22. The van der Waals surface area contributed by atoms with Gasteiger partial charge in [0.1, 0.15) is 11.6 Å². The Morgan fingerprint density at radius 3 is 1.96 bits per heavy atom. The highest BCUT2D eigenvalue weighted by molar-refractivity contribution is 8.21. The Bertz CT molecular complexity index is 1560. The van der Waals surface area contributed by atoms with E-state index in [4.69, 9.17) is 0 Å². The molecule has 2 aromatic carbocycles. The zero-order valence-corrected chi connectivity index (χ0v) is 26.7. The van der Waals surface area contributed by atoms with Gasteiger partial charge in [-0.2, -0.15) is 26.3 Å². The number of carbonyl (C=O) groups is 1. The minimum absolute atomic E-state index is 0.0400. The van der Waals surface area contributed by atoms with Crippen LogP contribution in [0.25, 0.3) is 11.1 Å². The molecule has 5 rings (SSSR count). The normalized spacial score (nSPS) is 17.2. The molecular weight excluding hydrogens is 639 g/mol. The van der Waals surface area contributed by atoms with Gasteiger partial charge in [0.05, 0.1) is 32.5 Å². The van der Waals surface area contributed by atoms with Crippen LogP contribution < -0.4 is 9.80 Å². The summed E-state index contributed by atoms with van der Waals surface area (Å²) < 4.78 is 96.1. The van der Waals surface area contributed by atoms with Crippen molar-refractivity contribution < 1.29 is 35.5 Å². The second-order valence-corrected chi connectivity index (χ2v) is 15.1. The molecule has 2 fully saturated rings. The predicted octanol–water partition coefficient (Wildman–Crippen LogP) is 8.95. The van der Waals surface area contributed by atoms with Crippen molar-refractivity contribution >= 4 is 40.9 Å². The highest BCUT2D eigenvalue weighted by atomic mass is 32.2. The molecule has 2 saturated heterocycles. The first-order chi connectivity index (χ1) is 20.9. The number of anilines is 2. The molecule has 2 aliphatic heterocycles. The van der Waals surface area contributed by atoms with Gasteiger partial charge in [-0.05, 0) is 86.7 Å². The third kappa shape index (κ3) is 6.79. The van der Waals surface area contributed by atoms with Gasteiger partial charge in [-0.3, -0.25) is 4.79 Å². The Morgan fingerprint density at radius 1 is 0.867 bits per heavy atom. The number of pyridine rings is 1. The molecule has 0 unspecified atom stereocenters. The standard InChI is InChI=1S/C32H32F7N3OS2/c1-19-13-23(33)5-6-24(19)25-17-27(42-9-7-30(8-10-42)44-11-12-45-30)40-18-26(25)41(4)28(43)29(2,3)20-14-21(31(34,35)36)16-22(15-20)32(37,38)39/h5-6,13-18H,7-12H2,1-4H3. The average molecular weight is 672 g/mol. The maximum absolute atomic E-state index is 14.1. The Balaban J connectivity index is 1.54. The van der Waals surface area contributed by atoms with Gasteiger partial charge >= 0.3 is 12.4 Å². The van der Waals surface area contributed by atoms with Crippen molar-refractivity contribution in [2.24, 2.45) is 0 Å². The van der Waals surface area contributed by atoms with Gasteiger partial charge in [0.15, 0.2) is 0 Å². The Morgan fingerprint density at radius 2 is 1.42 bits per heavy atom. The molecule has 0 radical (unpaired) electrons. The molecule has 1 amide bonds. The van der Waals surface area contributed by atoms with Gasteiger partial charge < -0.3 is 9.80 Å². The number of alkyl halides is 6. The van der Waals surface area contributed by atoms with Crippen LogP contribution in [-0.2, 0) is 22.6 Å². The number of rotatable bonds is 5. The monoisotopic (exact) mass is 671 g/mol. The lowest BCUT2D eigenvalue weighted by atomic mass is 9.81. The SMILES string of the molecule is Cc1cc(F)ccc1-c1cc(N2CCC3(CC2)SCCS3)ncc1N(C)C(=O)C(C)(C)c1cc(C(F)(F)F)cc(C(F)(F)F)c1. The molecule has 0 N–H and O–H groups in total. The average Bonchev–Trinajstić information content (AvgIpc) is 3.43. The molecule has 2 aliphatic rings. The first kappa shape index (κ1) is 33.4. The quantitative estimate of drug-likeness (QED) is 0.253. The maximum atomic E-state index is 14.1. The van der Waals surface area contributed by atoms with Crippen molar-refractivity contribution in [3.8, 4) is 11.1 Å². The largest absolute Gasteiger partial charge is 0.416 e. The van der Waals surface area contributed by atoms with Gasteiger partial charge in [0.25, 0.3) is 0 Å². The van der Waals surface area contributed by atoms with Crippen molar-refractivity contribution in [2.45, 2.75) is 55.5 Å². The van der Waals surface area contributed by atoms with E-state index in [1.54, 1.807) is 13.0 Å². The van der Waals surface area contributed by atoms with E-state index in [0.717, 1.165) is 37.4 Å². The zero-order valence-electron chi connectivity index (χ0n) is 25.1. The fourth-order valence-corrected chi connectivity index (χ4v) is 9.04. The van der Waals surface area contributed by atoms with Crippen LogP contribution in [0, 0.1) is 12.7 Å². The lowest BCUT2D eigenvalue weighted by Crippen LogP contribution is -2.42. The number of hydrogen-bond donors (Lipinski definition) is 0. The number of aromatic nitrogens is 1. The summed E-state index contributed by atoms with van der Waals surface area (Å²) in [4.78, 5) is 22.0. The van der Waals surface area contributed by atoms with Gasteiger partial charge in [-0.15, -0.1) is 23.5 Å².